The molecule has 0 bridgehead atoms. The summed E-state index contributed by atoms with van der Waals surface area (Å²) in [7, 11) is 0. The van der Waals surface area contributed by atoms with Crippen LogP contribution in [0.1, 0.15) is 59.3 Å². The molecule has 0 aromatic rings. The molecule has 1 rings (SSSR count). The second-order valence-corrected chi connectivity index (χ2v) is 6.36. The van der Waals surface area contributed by atoms with Crippen molar-refractivity contribution >= 4 is 11.8 Å². The summed E-state index contributed by atoms with van der Waals surface area (Å²) in [6.07, 6.45) is 8.55. The highest BCUT2D eigenvalue weighted by molar-refractivity contribution is 8.01. The van der Waals surface area contributed by atoms with Crippen LogP contribution in [0.25, 0.3) is 0 Å². The summed E-state index contributed by atoms with van der Waals surface area (Å²) in [5.74, 6) is 0. The highest BCUT2D eigenvalue weighted by Crippen LogP contribution is 2.40. The van der Waals surface area contributed by atoms with E-state index >= 15 is 0 Å². The van der Waals surface area contributed by atoms with Crippen molar-refractivity contribution in [3.05, 3.63) is 0 Å². The quantitative estimate of drug-likeness (QED) is 0.590. The van der Waals surface area contributed by atoms with Gasteiger partial charge in [-0.15, -0.1) is 0 Å². The van der Waals surface area contributed by atoms with Gasteiger partial charge in [-0.2, -0.15) is 11.8 Å². The van der Waals surface area contributed by atoms with E-state index in [2.05, 4.69) is 32.5 Å². The van der Waals surface area contributed by atoms with Crippen LogP contribution in [0.15, 0.2) is 0 Å². The van der Waals surface area contributed by atoms with Crippen molar-refractivity contribution < 1.29 is 0 Å². The number of hydrogen-bond donors (Lipinski definition) is 0. The molecule has 1 saturated heterocycles. The monoisotopic (exact) mass is 186 g/mol. The predicted octanol–water partition coefficient (Wildman–Crippen LogP) is 4.24. The van der Waals surface area contributed by atoms with Crippen molar-refractivity contribution in [2.75, 3.05) is 0 Å². The van der Waals surface area contributed by atoms with Gasteiger partial charge >= 0.3 is 0 Å². The first-order valence-corrected chi connectivity index (χ1v) is 6.22. The third-order valence-electron chi connectivity index (χ3n) is 3.05. The van der Waals surface area contributed by atoms with Gasteiger partial charge in [-0.3, -0.25) is 0 Å². The van der Waals surface area contributed by atoms with Gasteiger partial charge in [0, 0.05) is 10.00 Å². The van der Waals surface area contributed by atoms with Crippen molar-refractivity contribution in [3.8, 4) is 0 Å². The summed E-state index contributed by atoms with van der Waals surface area (Å²) in [4.78, 5) is 0. The van der Waals surface area contributed by atoms with Gasteiger partial charge in [-0.25, -0.2) is 0 Å². The number of rotatable bonds is 1. The van der Waals surface area contributed by atoms with E-state index in [4.69, 9.17) is 0 Å². The molecule has 0 spiro atoms. The molecule has 0 saturated carbocycles. The fourth-order valence-corrected chi connectivity index (χ4v) is 3.66. The molecule has 1 fully saturated rings. The molecule has 1 aliphatic heterocycles. The molecule has 2 atom stereocenters. The molecular formula is C11H22S. The summed E-state index contributed by atoms with van der Waals surface area (Å²) in [5, 5.41) is 0.884. The van der Waals surface area contributed by atoms with Gasteiger partial charge in [0.2, 0.25) is 0 Å². The standard InChI is InChI=1S/C11H22S/c1-4-11(3)9-7-5-6-8-10(2)12-11/h10H,4-9H2,1-3H3. The molecular weight excluding hydrogens is 164 g/mol. The van der Waals surface area contributed by atoms with Crippen LogP contribution in [0.5, 0.6) is 0 Å². The lowest BCUT2D eigenvalue weighted by Crippen LogP contribution is -2.23. The molecule has 12 heavy (non-hydrogen) atoms. The van der Waals surface area contributed by atoms with Crippen LogP contribution >= 0.6 is 11.8 Å². The third kappa shape index (κ3) is 3.01. The number of hydrogen-bond acceptors (Lipinski definition) is 1. The minimum absolute atomic E-state index is 0.583. The third-order valence-corrected chi connectivity index (χ3v) is 4.75. The van der Waals surface area contributed by atoms with Crippen LogP contribution in [0.2, 0.25) is 0 Å². The Morgan fingerprint density at radius 2 is 2.08 bits per heavy atom. The fraction of sp³-hybridized carbons (Fsp3) is 1.00. The molecule has 1 heterocycles. The van der Waals surface area contributed by atoms with Gasteiger partial charge in [0.15, 0.2) is 0 Å². The smallest absolute Gasteiger partial charge is 0.0132 e. The van der Waals surface area contributed by atoms with Crippen LogP contribution in [-0.4, -0.2) is 10.00 Å². The fourth-order valence-electron chi connectivity index (χ4n) is 1.97. The van der Waals surface area contributed by atoms with E-state index in [1.165, 1.54) is 38.5 Å². The second-order valence-electron chi connectivity index (χ2n) is 4.33. The lowest BCUT2D eigenvalue weighted by molar-refractivity contribution is 0.496. The maximum absolute atomic E-state index is 2.44. The summed E-state index contributed by atoms with van der Waals surface area (Å²) in [6, 6.07) is 0. The molecule has 0 nitrogen and oxygen atoms in total. The molecule has 72 valence electrons. The Bertz CT molecular complexity index is 133. The highest BCUT2D eigenvalue weighted by Gasteiger charge is 2.26. The Morgan fingerprint density at radius 3 is 2.75 bits per heavy atom. The summed E-state index contributed by atoms with van der Waals surface area (Å²) in [5.41, 5.74) is 0. The van der Waals surface area contributed by atoms with E-state index < -0.39 is 0 Å². The van der Waals surface area contributed by atoms with Crippen molar-refractivity contribution in [2.24, 2.45) is 0 Å². The number of thioether (sulfide) groups is 1. The van der Waals surface area contributed by atoms with E-state index in [9.17, 15) is 0 Å². The summed E-state index contributed by atoms with van der Waals surface area (Å²) in [6.45, 7) is 7.17. The maximum atomic E-state index is 2.44. The zero-order chi connectivity index (χ0) is 9.03. The molecule has 0 N–H and O–H groups in total. The molecule has 2 unspecified atom stereocenters. The van der Waals surface area contributed by atoms with E-state index in [1.54, 1.807) is 0 Å². The molecule has 1 aliphatic rings. The first-order valence-electron chi connectivity index (χ1n) is 5.34. The first kappa shape index (κ1) is 10.4. The molecule has 0 aliphatic carbocycles. The Balaban J connectivity index is 2.48. The Kier molecular flexibility index (Phi) is 3.95. The zero-order valence-electron chi connectivity index (χ0n) is 8.73. The minimum atomic E-state index is 0.583. The average molecular weight is 186 g/mol. The van der Waals surface area contributed by atoms with Gasteiger partial charge in [-0.1, -0.05) is 40.0 Å². The van der Waals surface area contributed by atoms with Crippen molar-refractivity contribution in [1.82, 2.24) is 0 Å². The molecule has 0 radical (unpaired) electrons. The van der Waals surface area contributed by atoms with Crippen molar-refractivity contribution in [1.29, 1.82) is 0 Å². The summed E-state index contributed by atoms with van der Waals surface area (Å²) < 4.78 is 0.583. The van der Waals surface area contributed by atoms with Crippen LogP contribution in [0.3, 0.4) is 0 Å². The normalized spacial score (nSPS) is 38.8. The summed E-state index contributed by atoms with van der Waals surface area (Å²) >= 11 is 2.22. The lowest BCUT2D eigenvalue weighted by atomic mass is 9.98. The Hall–Kier alpha value is 0.350. The van der Waals surface area contributed by atoms with E-state index in [0.717, 1.165) is 5.25 Å². The largest absolute Gasteiger partial charge is 0.152 e. The van der Waals surface area contributed by atoms with Gasteiger partial charge in [0.25, 0.3) is 0 Å². The first-order chi connectivity index (χ1) is 5.66. The van der Waals surface area contributed by atoms with E-state index in [1.807, 2.05) is 0 Å². The molecule has 0 amide bonds. The van der Waals surface area contributed by atoms with Crippen LogP contribution in [0.4, 0.5) is 0 Å². The van der Waals surface area contributed by atoms with Gasteiger partial charge < -0.3 is 0 Å². The predicted molar refractivity (Wildman–Crippen MR) is 58.8 cm³/mol. The van der Waals surface area contributed by atoms with Gasteiger partial charge in [-0.05, 0) is 19.3 Å². The van der Waals surface area contributed by atoms with Crippen LogP contribution < -0.4 is 0 Å². The van der Waals surface area contributed by atoms with E-state index in [-0.39, 0.29) is 0 Å². The average Bonchev–Trinajstić information content (AvgIpc) is 2.01. The Labute approximate surface area is 81.5 Å². The van der Waals surface area contributed by atoms with Crippen molar-refractivity contribution in [2.45, 2.75) is 69.3 Å². The lowest BCUT2D eigenvalue weighted by Gasteiger charge is -2.32. The highest BCUT2D eigenvalue weighted by atomic mass is 32.2. The van der Waals surface area contributed by atoms with Gasteiger partial charge in [0.1, 0.15) is 0 Å². The van der Waals surface area contributed by atoms with Gasteiger partial charge in [0.05, 0.1) is 0 Å². The van der Waals surface area contributed by atoms with E-state index in [0.29, 0.717) is 4.75 Å². The SMILES string of the molecule is CCC1(C)CCCCCC(C)S1. The van der Waals surface area contributed by atoms with Crippen molar-refractivity contribution in [3.63, 3.8) is 0 Å². The maximum Gasteiger partial charge on any atom is 0.0132 e. The van der Waals surface area contributed by atoms with Crippen LogP contribution in [-0.2, 0) is 0 Å². The molecule has 0 aromatic carbocycles. The minimum Gasteiger partial charge on any atom is -0.152 e. The molecule has 1 heteroatoms. The Morgan fingerprint density at radius 1 is 1.33 bits per heavy atom. The second kappa shape index (κ2) is 4.55. The zero-order valence-corrected chi connectivity index (χ0v) is 9.54. The van der Waals surface area contributed by atoms with Crippen LogP contribution in [0, 0.1) is 0 Å². The molecule has 0 aromatic heterocycles. The topological polar surface area (TPSA) is 0 Å².